The van der Waals surface area contributed by atoms with Crippen molar-refractivity contribution >= 4 is 17.3 Å². The monoisotopic (exact) mass is 305 g/mol. The number of rotatable bonds is 4. The van der Waals surface area contributed by atoms with Crippen LogP contribution in [0.4, 0.5) is 0 Å². The molecule has 0 unspecified atom stereocenters. The number of nitrogens with zero attached hydrogens (tertiary/aromatic N) is 3. The highest BCUT2D eigenvalue weighted by atomic mass is 32.1. The molecular formula is C15H19N3O2S. The number of carbonyl (C=O) groups is 1. The van der Waals surface area contributed by atoms with Crippen LogP contribution in [0.3, 0.4) is 0 Å². The van der Waals surface area contributed by atoms with Gasteiger partial charge >= 0.3 is 5.97 Å². The molecule has 0 atom stereocenters. The Morgan fingerprint density at radius 3 is 2.81 bits per heavy atom. The van der Waals surface area contributed by atoms with Gasteiger partial charge in [0.2, 0.25) is 0 Å². The first-order valence-corrected chi connectivity index (χ1v) is 8.16. The molecule has 1 fully saturated rings. The van der Waals surface area contributed by atoms with Crippen molar-refractivity contribution in [3.63, 3.8) is 0 Å². The molecule has 0 bridgehead atoms. The van der Waals surface area contributed by atoms with E-state index in [2.05, 4.69) is 10.1 Å². The summed E-state index contributed by atoms with van der Waals surface area (Å²) in [7, 11) is 1.85. The van der Waals surface area contributed by atoms with Crippen LogP contribution in [0.25, 0.3) is 10.7 Å². The van der Waals surface area contributed by atoms with Gasteiger partial charge in [-0.1, -0.05) is 25.3 Å². The van der Waals surface area contributed by atoms with Gasteiger partial charge in [-0.15, -0.1) is 11.3 Å². The van der Waals surface area contributed by atoms with E-state index in [-0.39, 0.29) is 0 Å². The molecule has 1 saturated carbocycles. The largest absolute Gasteiger partial charge is 0.481 e. The normalized spacial score (nSPS) is 17.8. The van der Waals surface area contributed by atoms with Gasteiger partial charge in [-0.2, -0.15) is 5.10 Å². The minimum absolute atomic E-state index is 0.469. The topological polar surface area (TPSA) is 68.0 Å². The number of carboxylic acid groups (broad SMARTS) is 1. The zero-order valence-electron chi connectivity index (χ0n) is 12.1. The second-order valence-corrected chi connectivity index (χ2v) is 6.72. The fourth-order valence-corrected chi connectivity index (χ4v) is 3.73. The first kappa shape index (κ1) is 14.3. The fourth-order valence-electron chi connectivity index (χ4n) is 3.08. The van der Waals surface area contributed by atoms with Gasteiger partial charge < -0.3 is 5.11 Å². The number of aryl methyl sites for hydroxylation is 1. The van der Waals surface area contributed by atoms with Gasteiger partial charge in [0.15, 0.2) is 5.82 Å². The van der Waals surface area contributed by atoms with Crippen LogP contribution in [0.1, 0.15) is 37.9 Å². The Balaban J connectivity index is 1.88. The van der Waals surface area contributed by atoms with Crippen LogP contribution < -0.4 is 0 Å². The van der Waals surface area contributed by atoms with Crippen molar-refractivity contribution in [1.29, 1.82) is 0 Å². The summed E-state index contributed by atoms with van der Waals surface area (Å²) in [6, 6.07) is 3.95. The molecule has 1 aliphatic carbocycles. The van der Waals surface area contributed by atoms with Crippen molar-refractivity contribution in [2.24, 2.45) is 12.5 Å². The lowest BCUT2D eigenvalue weighted by atomic mass is 9.71. The summed E-state index contributed by atoms with van der Waals surface area (Å²) in [5.41, 5.74) is -0.661. The third-order valence-corrected chi connectivity index (χ3v) is 5.22. The number of hydrogen-bond donors (Lipinski definition) is 1. The lowest BCUT2D eigenvalue weighted by molar-refractivity contribution is -0.151. The van der Waals surface area contributed by atoms with Crippen molar-refractivity contribution in [3.8, 4) is 10.7 Å². The summed E-state index contributed by atoms with van der Waals surface area (Å²) in [4.78, 5) is 17.4. The van der Waals surface area contributed by atoms with E-state index in [4.69, 9.17) is 0 Å². The van der Waals surface area contributed by atoms with Crippen molar-refractivity contribution < 1.29 is 9.90 Å². The predicted molar refractivity (Wildman–Crippen MR) is 81.2 cm³/mol. The quantitative estimate of drug-likeness (QED) is 0.942. The first-order chi connectivity index (χ1) is 10.1. The van der Waals surface area contributed by atoms with Crippen molar-refractivity contribution in [3.05, 3.63) is 23.3 Å². The average molecular weight is 305 g/mol. The number of aliphatic carboxylic acids is 1. The maximum atomic E-state index is 11.8. The zero-order chi connectivity index (χ0) is 14.9. The smallest absolute Gasteiger partial charge is 0.310 e. The number of thiophene rings is 1. The van der Waals surface area contributed by atoms with Crippen LogP contribution >= 0.6 is 11.3 Å². The molecule has 0 saturated heterocycles. The minimum Gasteiger partial charge on any atom is -0.481 e. The second kappa shape index (κ2) is 5.60. The highest BCUT2D eigenvalue weighted by molar-refractivity contribution is 7.13. The molecule has 0 aromatic carbocycles. The lowest BCUT2D eigenvalue weighted by Gasteiger charge is -2.32. The Kier molecular flexibility index (Phi) is 3.80. The minimum atomic E-state index is -0.692. The molecule has 0 radical (unpaired) electrons. The number of carboxylic acids is 1. The molecule has 112 valence electrons. The van der Waals surface area contributed by atoms with Gasteiger partial charge in [-0.25, -0.2) is 4.98 Å². The van der Waals surface area contributed by atoms with E-state index in [0.29, 0.717) is 12.2 Å². The molecule has 1 aliphatic rings. The van der Waals surface area contributed by atoms with E-state index < -0.39 is 11.4 Å². The van der Waals surface area contributed by atoms with Gasteiger partial charge in [0.1, 0.15) is 5.82 Å². The van der Waals surface area contributed by atoms with Crippen LogP contribution in [0, 0.1) is 5.41 Å². The molecule has 0 aliphatic heterocycles. The fraction of sp³-hybridized carbons (Fsp3) is 0.533. The highest BCUT2D eigenvalue weighted by Crippen LogP contribution is 2.39. The van der Waals surface area contributed by atoms with E-state index >= 15 is 0 Å². The van der Waals surface area contributed by atoms with Crippen molar-refractivity contribution in [2.45, 2.75) is 38.5 Å². The molecule has 1 N–H and O–H groups in total. The van der Waals surface area contributed by atoms with Gasteiger partial charge in [0.25, 0.3) is 0 Å². The Hall–Kier alpha value is -1.69. The van der Waals surface area contributed by atoms with E-state index in [9.17, 15) is 9.90 Å². The molecule has 2 heterocycles. The standard InChI is InChI=1S/C15H19N3O2S/c1-18-12(16-13(17-18)11-6-5-9-21-11)10-15(14(19)20)7-3-2-4-8-15/h5-6,9H,2-4,7-8,10H2,1H3,(H,19,20). The summed E-state index contributed by atoms with van der Waals surface area (Å²) in [5, 5.41) is 16.1. The molecule has 5 nitrogen and oxygen atoms in total. The predicted octanol–water partition coefficient (Wildman–Crippen LogP) is 3.12. The van der Waals surface area contributed by atoms with E-state index in [1.54, 1.807) is 16.0 Å². The van der Waals surface area contributed by atoms with Crippen LogP contribution in [-0.2, 0) is 18.3 Å². The van der Waals surface area contributed by atoms with Crippen LogP contribution in [0.2, 0.25) is 0 Å². The molecule has 0 amide bonds. The van der Waals surface area contributed by atoms with Gasteiger partial charge in [-0.05, 0) is 24.3 Å². The molecule has 2 aromatic heterocycles. The summed E-state index contributed by atoms with van der Waals surface area (Å²) in [5.74, 6) is 0.768. The molecular weight excluding hydrogens is 286 g/mol. The van der Waals surface area contributed by atoms with Crippen molar-refractivity contribution in [1.82, 2.24) is 14.8 Å². The van der Waals surface area contributed by atoms with Gasteiger partial charge in [0, 0.05) is 13.5 Å². The Bertz CT molecular complexity index is 627. The third kappa shape index (κ3) is 2.72. The van der Waals surface area contributed by atoms with Gasteiger partial charge in [-0.3, -0.25) is 9.48 Å². The Morgan fingerprint density at radius 1 is 1.43 bits per heavy atom. The lowest BCUT2D eigenvalue weighted by Crippen LogP contribution is -2.36. The maximum Gasteiger partial charge on any atom is 0.310 e. The van der Waals surface area contributed by atoms with Crippen LogP contribution in [-0.4, -0.2) is 25.8 Å². The molecule has 21 heavy (non-hydrogen) atoms. The first-order valence-electron chi connectivity index (χ1n) is 7.28. The third-order valence-electron chi connectivity index (χ3n) is 4.36. The maximum absolute atomic E-state index is 11.8. The highest BCUT2D eigenvalue weighted by Gasteiger charge is 2.41. The number of aromatic nitrogens is 3. The van der Waals surface area contributed by atoms with Crippen molar-refractivity contribution in [2.75, 3.05) is 0 Å². The number of hydrogen-bond acceptors (Lipinski definition) is 4. The molecule has 0 spiro atoms. The molecule has 6 heteroatoms. The molecule has 3 rings (SSSR count). The average Bonchev–Trinajstić information content (AvgIpc) is 3.10. The second-order valence-electron chi connectivity index (χ2n) is 5.78. The zero-order valence-corrected chi connectivity index (χ0v) is 12.9. The van der Waals surface area contributed by atoms with Gasteiger partial charge in [0.05, 0.1) is 10.3 Å². The SMILES string of the molecule is Cn1nc(-c2cccs2)nc1CC1(C(=O)O)CCCCC1. The van der Waals surface area contributed by atoms with E-state index in [1.807, 2.05) is 24.6 Å². The summed E-state index contributed by atoms with van der Waals surface area (Å²) in [6.07, 6.45) is 5.06. The summed E-state index contributed by atoms with van der Waals surface area (Å²) >= 11 is 1.59. The summed E-state index contributed by atoms with van der Waals surface area (Å²) in [6.45, 7) is 0. The Labute approximate surface area is 127 Å². The van der Waals surface area contributed by atoms with Crippen LogP contribution in [0.5, 0.6) is 0 Å². The Morgan fingerprint density at radius 2 is 2.19 bits per heavy atom. The van der Waals surface area contributed by atoms with Crippen LogP contribution in [0.15, 0.2) is 17.5 Å². The summed E-state index contributed by atoms with van der Waals surface area (Å²) < 4.78 is 1.73. The van der Waals surface area contributed by atoms with E-state index in [1.165, 1.54) is 0 Å². The molecule has 2 aromatic rings. The van der Waals surface area contributed by atoms with E-state index in [0.717, 1.165) is 42.8 Å².